The molecule has 3 rings (SSSR count). The lowest BCUT2D eigenvalue weighted by Gasteiger charge is -2.17. The summed E-state index contributed by atoms with van der Waals surface area (Å²) in [7, 11) is -1.09. The van der Waals surface area contributed by atoms with Crippen LogP contribution in [0.3, 0.4) is 0 Å². The Labute approximate surface area is 181 Å². The van der Waals surface area contributed by atoms with Crippen molar-refractivity contribution in [2.45, 2.75) is 30.7 Å². The first-order valence-corrected chi connectivity index (χ1v) is 11.2. The van der Waals surface area contributed by atoms with Gasteiger partial charge in [0.25, 0.3) is 5.56 Å². The number of benzene rings is 2. The molecule has 0 aliphatic rings. The lowest BCUT2D eigenvalue weighted by molar-refractivity contribution is -0.142. The largest absolute Gasteiger partial charge is 0.468 e. The maximum Gasteiger partial charge on any atom is 0.328 e. The van der Waals surface area contributed by atoms with E-state index in [1.54, 1.807) is 60.4 Å². The minimum atomic E-state index is -4.04. The molecular formula is C22H25N3O5S. The molecule has 1 aromatic heterocycles. The molecule has 1 atom stereocenters. The number of nitrogens with one attached hydrogen (secondary N) is 1. The van der Waals surface area contributed by atoms with Crippen molar-refractivity contribution in [3.8, 4) is 5.69 Å². The molecule has 0 bridgehead atoms. The Balaban J connectivity index is 1.93. The van der Waals surface area contributed by atoms with Crippen LogP contribution in [0.5, 0.6) is 0 Å². The molecule has 9 heteroatoms. The number of aromatic nitrogens is 2. The Kier molecular flexibility index (Phi) is 6.47. The van der Waals surface area contributed by atoms with Crippen LogP contribution >= 0.6 is 0 Å². The molecular weight excluding hydrogens is 418 g/mol. The van der Waals surface area contributed by atoms with E-state index < -0.39 is 22.0 Å². The molecule has 3 aromatic rings. The fourth-order valence-corrected chi connectivity index (χ4v) is 4.45. The number of hydrogen-bond donors (Lipinski definition) is 1. The quantitative estimate of drug-likeness (QED) is 0.566. The summed E-state index contributed by atoms with van der Waals surface area (Å²) in [5.41, 5.74) is 1.52. The number of sulfonamides is 1. The van der Waals surface area contributed by atoms with Crippen molar-refractivity contribution in [1.82, 2.24) is 14.1 Å². The van der Waals surface area contributed by atoms with Crippen LogP contribution in [0.25, 0.3) is 5.69 Å². The van der Waals surface area contributed by atoms with Gasteiger partial charge in [-0.3, -0.25) is 9.48 Å². The molecule has 1 N–H and O–H groups in total. The highest BCUT2D eigenvalue weighted by Crippen LogP contribution is 2.20. The number of methoxy groups -OCH3 is 1. The van der Waals surface area contributed by atoms with Crippen molar-refractivity contribution in [3.05, 3.63) is 82.3 Å². The second-order valence-corrected chi connectivity index (χ2v) is 9.13. The first-order valence-electron chi connectivity index (χ1n) is 9.69. The average Bonchev–Trinajstić information content (AvgIpc) is 3.06. The lowest BCUT2D eigenvalue weighted by Crippen LogP contribution is -2.34. The van der Waals surface area contributed by atoms with Gasteiger partial charge in [0.2, 0.25) is 10.0 Å². The predicted octanol–water partition coefficient (Wildman–Crippen LogP) is 2.49. The van der Waals surface area contributed by atoms with Gasteiger partial charge in [0.15, 0.2) is 0 Å². The van der Waals surface area contributed by atoms with E-state index in [1.165, 1.54) is 23.9 Å². The van der Waals surface area contributed by atoms with Crippen LogP contribution in [0.15, 0.2) is 70.5 Å². The molecule has 0 amide bonds. The van der Waals surface area contributed by atoms with Crippen molar-refractivity contribution >= 4 is 16.0 Å². The van der Waals surface area contributed by atoms with E-state index >= 15 is 0 Å². The Hall–Kier alpha value is -3.17. The van der Waals surface area contributed by atoms with Gasteiger partial charge >= 0.3 is 5.97 Å². The monoisotopic (exact) mass is 443 g/mol. The smallest absolute Gasteiger partial charge is 0.328 e. The summed E-state index contributed by atoms with van der Waals surface area (Å²) in [6, 6.07) is 13.2. The van der Waals surface area contributed by atoms with E-state index in [0.29, 0.717) is 16.8 Å². The Bertz CT molecular complexity index is 1230. The second-order valence-electron chi connectivity index (χ2n) is 7.41. The van der Waals surface area contributed by atoms with E-state index in [9.17, 15) is 18.0 Å². The topological polar surface area (TPSA) is 99.4 Å². The number of ether oxygens (including phenoxy) is 1. The molecule has 164 valence electrons. The van der Waals surface area contributed by atoms with Crippen LogP contribution in [-0.4, -0.2) is 30.9 Å². The second kappa shape index (κ2) is 8.91. The van der Waals surface area contributed by atoms with Crippen molar-refractivity contribution in [2.75, 3.05) is 7.11 Å². The summed E-state index contributed by atoms with van der Waals surface area (Å²) in [5, 5.41) is 0. The number of carbonyl (C=O) groups is 1. The molecule has 0 fully saturated rings. The minimum Gasteiger partial charge on any atom is -0.468 e. The third kappa shape index (κ3) is 4.62. The van der Waals surface area contributed by atoms with Crippen molar-refractivity contribution in [1.29, 1.82) is 0 Å². The highest BCUT2D eigenvalue weighted by Gasteiger charge is 2.28. The van der Waals surface area contributed by atoms with Gasteiger partial charge in [-0.15, -0.1) is 0 Å². The van der Waals surface area contributed by atoms with Gasteiger partial charge in [0.1, 0.15) is 6.04 Å². The van der Waals surface area contributed by atoms with Crippen molar-refractivity contribution in [3.63, 3.8) is 0 Å². The Morgan fingerprint density at radius 1 is 1.03 bits per heavy atom. The van der Waals surface area contributed by atoms with Gasteiger partial charge in [0.05, 0.1) is 17.7 Å². The highest BCUT2D eigenvalue weighted by atomic mass is 32.2. The van der Waals surface area contributed by atoms with Crippen LogP contribution in [0.2, 0.25) is 0 Å². The maximum atomic E-state index is 12.9. The molecule has 8 nitrogen and oxygen atoms in total. The van der Waals surface area contributed by atoms with E-state index in [0.717, 1.165) is 0 Å². The number of carbonyl (C=O) groups excluding carboxylic acids is 1. The van der Waals surface area contributed by atoms with Gasteiger partial charge in [-0.25, -0.2) is 17.9 Å². The highest BCUT2D eigenvalue weighted by molar-refractivity contribution is 7.89. The third-order valence-corrected chi connectivity index (χ3v) is 6.38. The fourth-order valence-electron chi connectivity index (χ4n) is 3.28. The number of esters is 1. The van der Waals surface area contributed by atoms with Gasteiger partial charge in [-0.2, -0.15) is 4.72 Å². The van der Waals surface area contributed by atoms with Gasteiger partial charge in [-0.05, 0) is 35.7 Å². The van der Waals surface area contributed by atoms with Gasteiger partial charge in [-0.1, -0.05) is 44.2 Å². The third-order valence-electron chi connectivity index (χ3n) is 4.94. The molecule has 0 saturated heterocycles. The first-order chi connectivity index (χ1) is 14.7. The first kappa shape index (κ1) is 22.5. The zero-order valence-corrected chi connectivity index (χ0v) is 18.6. The number of rotatable bonds is 7. The molecule has 0 aliphatic heterocycles. The SMILES string of the molecule is COC(=O)C(NS(=O)(=O)c1ccc(-n2c(=O)c(C(C)C)cn2C)cc1)c1ccccc1. The summed E-state index contributed by atoms with van der Waals surface area (Å²) in [5.74, 6) is -0.653. The van der Waals surface area contributed by atoms with Gasteiger partial charge < -0.3 is 4.74 Å². The average molecular weight is 444 g/mol. The van der Waals surface area contributed by atoms with Crippen LogP contribution in [0.4, 0.5) is 0 Å². The van der Waals surface area contributed by atoms with E-state index in [4.69, 9.17) is 4.74 Å². The van der Waals surface area contributed by atoms with Crippen LogP contribution < -0.4 is 10.3 Å². The molecule has 0 radical (unpaired) electrons. The number of hydrogen-bond acceptors (Lipinski definition) is 5. The maximum absolute atomic E-state index is 12.9. The molecule has 1 unspecified atom stereocenters. The van der Waals surface area contributed by atoms with Crippen LogP contribution in [0, 0.1) is 0 Å². The summed E-state index contributed by atoms with van der Waals surface area (Å²) >= 11 is 0. The fraction of sp³-hybridized carbons (Fsp3) is 0.273. The predicted molar refractivity (Wildman–Crippen MR) is 117 cm³/mol. The van der Waals surface area contributed by atoms with E-state index in [2.05, 4.69) is 4.72 Å². The summed E-state index contributed by atoms with van der Waals surface area (Å²) in [6.45, 7) is 3.87. The van der Waals surface area contributed by atoms with Crippen LogP contribution in [0.1, 0.15) is 36.9 Å². The Morgan fingerprint density at radius 3 is 2.16 bits per heavy atom. The molecule has 0 aliphatic carbocycles. The van der Waals surface area contributed by atoms with Crippen molar-refractivity contribution < 1.29 is 17.9 Å². The summed E-state index contributed by atoms with van der Waals surface area (Å²) in [4.78, 5) is 24.9. The van der Waals surface area contributed by atoms with Crippen LogP contribution in [-0.2, 0) is 26.6 Å². The molecule has 0 spiro atoms. The number of nitrogens with zero attached hydrogens (tertiary/aromatic N) is 2. The summed E-state index contributed by atoms with van der Waals surface area (Å²) in [6.07, 6.45) is 1.76. The molecule has 31 heavy (non-hydrogen) atoms. The van der Waals surface area contributed by atoms with E-state index in [1.807, 2.05) is 13.8 Å². The molecule has 0 saturated carbocycles. The standard InChI is InChI=1S/C22H25N3O5S/c1-15(2)19-14-24(3)25(21(19)26)17-10-12-18(13-11-17)31(28,29)23-20(22(27)30-4)16-8-6-5-7-9-16/h5-15,20,23H,1-4H3. The summed E-state index contributed by atoms with van der Waals surface area (Å²) < 4.78 is 36.1. The van der Waals surface area contributed by atoms with Gasteiger partial charge in [0, 0.05) is 18.8 Å². The normalized spacial score (nSPS) is 12.7. The zero-order chi connectivity index (χ0) is 22.8. The van der Waals surface area contributed by atoms with Crippen molar-refractivity contribution in [2.24, 2.45) is 7.05 Å². The van der Waals surface area contributed by atoms with E-state index in [-0.39, 0.29) is 16.4 Å². The molecule has 1 heterocycles. The lowest BCUT2D eigenvalue weighted by atomic mass is 10.1. The minimum absolute atomic E-state index is 0.0348. The zero-order valence-electron chi connectivity index (χ0n) is 17.8. The molecule has 2 aromatic carbocycles. The Morgan fingerprint density at radius 2 is 1.65 bits per heavy atom. The number of aryl methyl sites for hydroxylation is 1.